The predicted octanol–water partition coefficient (Wildman–Crippen LogP) is 0.324. The summed E-state index contributed by atoms with van der Waals surface area (Å²) in [5, 5.41) is 0. The Hall–Kier alpha value is -2.44. The van der Waals surface area contributed by atoms with Crippen molar-refractivity contribution in [1.29, 1.82) is 0 Å². The van der Waals surface area contributed by atoms with Crippen LogP contribution in [0.25, 0.3) is 0 Å². The Bertz CT molecular complexity index is 970. The third kappa shape index (κ3) is 3.94. The molecule has 2 aliphatic rings. The lowest BCUT2D eigenvalue weighted by molar-refractivity contribution is -1.02. The van der Waals surface area contributed by atoms with E-state index in [0.29, 0.717) is 11.3 Å². The van der Waals surface area contributed by atoms with Crippen LogP contribution in [-0.4, -0.2) is 55.4 Å². The van der Waals surface area contributed by atoms with Crippen LogP contribution in [0.1, 0.15) is 57.1 Å². The fourth-order valence-electron chi connectivity index (χ4n) is 5.10. The summed E-state index contributed by atoms with van der Waals surface area (Å²) in [5.74, 6) is 1.16. The number of aromatic amines is 1. The molecular weight excluding hydrogens is 378 g/mol. The van der Waals surface area contributed by atoms with Crippen molar-refractivity contribution in [2.45, 2.75) is 46.7 Å². The number of H-pyrrole nitrogens is 1. The van der Waals surface area contributed by atoms with Gasteiger partial charge < -0.3 is 19.5 Å². The summed E-state index contributed by atoms with van der Waals surface area (Å²) in [6, 6.07) is 6.48. The minimum atomic E-state index is -0.111. The molecule has 1 fully saturated rings. The number of ketones is 2. The second-order valence-corrected chi connectivity index (χ2v) is 8.89. The summed E-state index contributed by atoms with van der Waals surface area (Å²) in [4.78, 5) is 31.1. The minimum absolute atomic E-state index is 0.00984. The van der Waals surface area contributed by atoms with E-state index in [9.17, 15) is 9.59 Å². The molecule has 2 aromatic rings. The lowest BCUT2D eigenvalue weighted by atomic mass is 10.0. The molecule has 3 heterocycles. The number of carbonyl (C=O) groups excluding carboxylic acids is 2. The second-order valence-electron chi connectivity index (χ2n) is 8.89. The van der Waals surface area contributed by atoms with E-state index in [2.05, 4.69) is 23.2 Å². The number of aromatic nitrogens is 1. The van der Waals surface area contributed by atoms with Gasteiger partial charge in [0.1, 0.15) is 38.5 Å². The molecule has 6 nitrogen and oxygen atoms in total. The number of benzene rings is 1. The lowest BCUT2D eigenvalue weighted by Crippen LogP contribution is -3.29. The smallest absolute Gasteiger partial charge is 0.235 e. The number of ether oxygens (including phenoxy) is 1. The Morgan fingerprint density at radius 2 is 1.90 bits per heavy atom. The summed E-state index contributed by atoms with van der Waals surface area (Å²) < 4.78 is 5.61. The molecule has 0 amide bonds. The first-order chi connectivity index (χ1) is 14.3. The number of fused-ring (bicyclic) bond motifs is 1. The minimum Gasteiger partial charge on any atom is -0.493 e. The largest absolute Gasteiger partial charge is 0.493 e. The fraction of sp³-hybridized carbons (Fsp3) is 0.500. The maximum atomic E-state index is 13.2. The molecule has 30 heavy (non-hydrogen) atoms. The highest BCUT2D eigenvalue weighted by molar-refractivity contribution is 6.04. The highest BCUT2D eigenvalue weighted by atomic mass is 16.5. The van der Waals surface area contributed by atoms with Crippen molar-refractivity contribution in [2.75, 3.05) is 32.8 Å². The van der Waals surface area contributed by atoms with E-state index in [-0.39, 0.29) is 17.6 Å². The summed E-state index contributed by atoms with van der Waals surface area (Å²) in [6.45, 7) is 13.2. The van der Waals surface area contributed by atoms with E-state index in [1.54, 1.807) is 11.8 Å². The van der Waals surface area contributed by atoms with E-state index < -0.39 is 0 Å². The summed E-state index contributed by atoms with van der Waals surface area (Å²) >= 11 is 0. The van der Waals surface area contributed by atoms with E-state index >= 15 is 0 Å². The number of piperazine rings is 1. The molecule has 0 saturated carbocycles. The van der Waals surface area contributed by atoms with Gasteiger partial charge >= 0.3 is 0 Å². The normalized spacial score (nSPS) is 21.7. The quantitative estimate of drug-likeness (QED) is 0.600. The van der Waals surface area contributed by atoms with Crippen LogP contribution in [0.4, 0.5) is 0 Å². The number of rotatable bonds is 6. The highest BCUT2D eigenvalue weighted by Gasteiger charge is 2.33. The van der Waals surface area contributed by atoms with Gasteiger partial charge in [0.25, 0.3) is 0 Å². The van der Waals surface area contributed by atoms with Crippen LogP contribution in [0.3, 0.4) is 0 Å². The summed E-state index contributed by atoms with van der Waals surface area (Å²) in [6.07, 6.45) is 1.01. The van der Waals surface area contributed by atoms with Gasteiger partial charge in [-0.2, -0.15) is 0 Å². The fourth-order valence-corrected chi connectivity index (χ4v) is 5.10. The maximum absolute atomic E-state index is 13.2. The highest BCUT2D eigenvalue weighted by Crippen LogP contribution is 2.25. The van der Waals surface area contributed by atoms with Gasteiger partial charge in [-0.3, -0.25) is 9.59 Å². The number of quaternary nitrogens is 2. The number of Topliss-reactive ketones (excluding diaryl/α,β-unsaturated/α-hetero) is 2. The Morgan fingerprint density at radius 3 is 2.57 bits per heavy atom. The third-order valence-electron chi connectivity index (χ3n) is 6.85. The Kier molecular flexibility index (Phi) is 5.80. The first kappa shape index (κ1) is 20.8. The number of hydrogen-bond donors (Lipinski definition) is 3. The number of carbonyl (C=O) groups is 2. The molecule has 4 rings (SSSR count). The van der Waals surface area contributed by atoms with Crippen molar-refractivity contribution in [1.82, 2.24) is 4.98 Å². The van der Waals surface area contributed by atoms with Crippen LogP contribution in [0, 0.1) is 13.8 Å². The van der Waals surface area contributed by atoms with Gasteiger partial charge in [0.2, 0.25) is 5.78 Å². The standard InChI is InChI=1S/C24H31N3O3/c1-15-22(18(4)28)16(2)25-23(15)24(29)17(3)27-10-8-26(9-11-27)14-19-5-6-21-20(13-19)7-12-30-21/h5-6,13,17,25H,7-12,14H2,1-4H3/p+2/t17-/m1/s1. The van der Waals surface area contributed by atoms with Gasteiger partial charge in [-0.25, -0.2) is 0 Å². The van der Waals surface area contributed by atoms with Gasteiger partial charge in [0, 0.05) is 23.2 Å². The van der Waals surface area contributed by atoms with Gasteiger partial charge in [-0.1, -0.05) is 0 Å². The van der Waals surface area contributed by atoms with Crippen molar-refractivity contribution in [2.24, 2.45) is 0 Å². The van der Waals surface area contributed by atoms with Crippen molar-refractivity contribution in [3.05, 3.63) is 51.8 Å². The molecule has 1 aromatic carbocycles. The van der Waals surface area contributed by atoms with Gasteiger partial charge in [0.05, 0.1) is 12.3 Å². The van der Waals surface area contributed by atoms with Crippen molar-refractivity contribution in [3.8, 4) is 5.75 Å². The van der Waals surface area contributed by atoms with Gasteiger partial charge in [-0.15, -0.1) is 0 Å². The number of hydrogen-bond acceptors (Lipinski definition) is 3. The van der Waals surface area contributed by atoms with E-state index in [0.717, 1.165) is 62.8 Å². The average molecular weight is 412 g/mol. The molecule has 0 aliphatic carbocycles. The molecular formula is C24H33N3O3+2. The number of aryl methyl sites for hydroxylation is 1. The topological polar surface area (TPSA) is 68.0 Å². The molecule has 1 saturated heterocycles. The number of nitrogens with one attached hydrogen (secondary N) is 3. The van der Waals surface area contributed by atoms with Gasteiger partial charge in [0.15, 0.2) is 11.8 Å². The second kappa shape index (κ2) is 8.36. The summed E-state index contributed by atoms with van der Waals surface area (Å²) in [7, 11) is 0. The van der Waals surface area contributed by atoms with Crippen molar-refractivity contribution >= 4 is 11.6 Å². The van der Waals surface area contributed by atoms with Crippen LogP contribution in [0.15, 0.2) is 18.2 Å². The molecule has 3 N–H and O–H groups in total. The first-order valence-electron chi connectivity index (χ1n) is 11.0. The molecule has 6 heteroatoms. The molecule has 0 unspecified atom stereocenters. The van der Waals surface area contributed by atoms with Gasteiger partial charge in [-0.05, 0) is 57.0 Å². The van der Waals surface area contributed by atoms with Crippen LogP contribution in [0.5, 0.6) is 5.75 Å². The Morgan fingerprint density at radius 1 is 1.17 bits per heavy atom. The molecule has 0 bridgehead atoms. The van der Waals surface area contributed by atoms with Crippen molar-refractivity contribution < 1.29 is 24.1 Å². The zero-order valence-electron chi connectivity index (χ0n) is 18.5. The summed E-state index contributed by atoms with van der Waals surface area (Å²) in [5.41, 5.74) is 5.55. The monoisotopic (exact) mass is 411 g/mol. The van der Waals surface area contributed by atoms with E-state index in [4.69, 9.17) is 4.74 Å². The molecule has 0 radical (unpaired) electrons. The van der Waals surface area contributed by atoms with Crippen LogP contribution in [0.2, 0.25) is 0 Å². The maximum Gasteiger partial charge on any atom is 0.235 e. The van der Waals surface area contributed by atoms with Crippen LogP contribution < -0.4 is 14.5 Å². The zero-order valence-corrected chi connectivity index (χ0v) is 18.5. The molecule has 1 aromatic heterocycles. The molecule has 2 aliphatic heterocycles. The zero-order chi connectivity index (χ0) is 21.4. The molecule has 0 spiro atoms. The predicted molar refractivity (Wildman–Crippen MR) is 115 cm³/mol. The first-order valence-corrected chi connectivity index (χ1v) is 11.0. The molecule has 1 atom stereocenters. The molecule has 160 valence electrons. The average Bonchev–Trinajstić information content (AvgIpc) is 3.30. The van der Waals surface area contributed by atoms with Crippen LogP contribution >= 0.6 is 0 Å². The SMILES string of the molecule is CC(=O)c1c(C)[nH]c(C(=O)[C@@H](C)[NH+]2CC[NH+](Cc3ccc4c(c3)CCO4)CC2)c1C. The Balaban J connectivity index is 1.36. The van der Waals surface area contributed by atoms with Crippen molar-refractivity contribution in [3.63, 3.8) is 0 Å². The third-order valence-corrected chi connectivity index (χ3v) is 6.85. The van der Waals surface area contributed by atoms with E-state index in [1.807, 2.05) is 20.8 Å². The van der Waals surface area contributed by atoms with E-state index in [1.165, 1.54) is 16.0 Å². The Labute approximate surface area is 178 Å². The lowest BCUT2D eigenvalue weighted by Gasteiger charge is -2.32. The van der Waals surface area contributed by atoms with Crippen LogP contribution in [-0.2, 0) is 13.0 Å².